The molecule has 0 saturated carbocycles. The van der Waals surface area contributed by atoms with Gasteiger partial charge in [-0.1, -0.05) is 0 Å². The molecule has 2 aromatic rings. The van der Waals surface area contributed by atoms with E-state index in [1.54, 1.807) is 12.3 Å². The van der Waals surface area contributed by atoms with Gasteiger partial charge in [-0.15, -0.1) is 0 Å². The summed E-state index contributed by atoms with van der Waals surface area (Å²) in [7, 11) is 0. The molecule has 8 heteroatoms. The summed E-state index contributed by atoms with van der Waals surface area (Å²) in [6, 6.07) is 8.60. The van der Waals surface area contributed by atoms with Crippen molar-refractivity contribution in [2.75, 3.05) is 11.9 Å². The lowest BCUT2D eigenvalue weighted by molar-refractivity contribution is -0.115. The third-order valence-corrected chi connectivity index (χ3v) is 4.19. The van der Waals surface area contributed by atoms with Crippen LogP contribution >= 0.6 is 11.9 Å². The van der Waals surface area contributed by atoms with Crippen LogP contribution in [0, 0.1) is 5.82 Å². The van der Waals surface area contributed by atoms with Crippen LogP contribution in [0.3, 0.4) is 0 Å². The minimum Gasteiger partial charge on any atom is -0.343 e. The Morgan fingerprint density at radius 3 is 2.38 bits per heavy atom. The Morgan fingerprint density at radius 1 is 1.12 bits per heavy atom. The average molecular weight is 376 g/mol. The van der Waals surface area contributed by atoms with E-state index in [0.29, 0.717) is 5.82 Å². The molecule has 0 atom stereocenters. The van der Waals surface area contributed by atoms with E-state index >= 15 is 0 Å². The minimum atomic E-state index is -0.451. The first-order chi connectivity index (χ1) is 12.2. The highest BCUT2D eigenvalue weighted by molar-refractivity contribution is 7.97. The molecule has 2 amide bonds. The van der Waals surface area contributed by atoms with Crippen molar-refractivity contribution in [2.24, 2.45) is 0 Å². The number of amides is 2. The molecule has 138 valence electrons. The topological polar surface area (TPSA) is 83.1 Å². The van der Waals surface area contributed by atoms with Crippen molar-refractivity contribution < 1.29 is 14.0 Å². The van der Waals surface area contributed by atoms with Crippen LogP contribution in [0.2, 0.25) is 0 Å². The summed E-state index contributed by atoms with van der Waals surface area (Å²) in [5.41, 5.74) is 0.255. The Labute approximate surface area is 156 Å². The van der Waals surface area contributed by atoms with Gasteiger partial charge in [0, 0.05) is 22.2 Å². The molecule has 6 nitrogen and oxygen atoms in total. The second kappa shape index (κ2) is 8.77. The molecule has 0 unspecified atom stereocenters. The lowest BCUT2D eigenvalue weighted by Gasteiger charge is -2.19. The Kier molecular flexibility index (Phi) is 6.70. The van der Waals surface area contributed by atoms with Crippen molar-refractivity contribution in [3.8, 4) is 0 Å². The SMILES string of the molecule is CC(C)(C)NSc1ccc(NC(=O)CNC(=O)c2ccc(F)cc2)nc1. The largest absolute Gasteiger partial charge is 0.343 e. The zero-order valence-electron chi connectivity index (χ0n) is 14.8. The number of rotatable bonds is 6. The van der Waals surface area contributed by atoms with Crippen molar-refractivity contribution >= 4 is 29.6 Å². The third-order valence-electron chi connectivity index (χ3n) is 2.99. The predicted octanol–water partition coefficient (Wildman–Crippen LogP) is 2.98. The van der Waals surface area contributed by atoms with Crippen LogP contribution in [0.4, 0.5) is 10.2 Å². The second-order valence-corrected chi connectivity index (χ2v) is 7.45. The standard InChI is InChI=1S/C18H21FN4O2S/c1-18(2,3)23-26-14-8-9-15(20-10-14)22-16(24)11-21-17(25)12-4-6-13(19)7-5-12/h4-10,23H,11H2,1-3H3,(H,21,25)(H,20,22,24). The fourth-order valence-corrected chi connectivity index (χ4v) is 2.44. The maximum absolute atomic E-state index is 12.8. The Morgan fingerprint density at radius 2 is 1.81 bits per heavy atom. The molecule has 2 rings (SSSR count). The Hall–Kier alpha value is -2.45. The van der Waals surface area contributed by atoms with Gasteiger partial charge in [-0.2, -0.15) is 0 Å². The minimum absolute atomic E-state index is 0.0275. The van der Waals surface area contributed by atoms with Gasteiger partial charge in [-0.05, 0) is 69.1 Å². The number of aromatic nitrogens is 1. The summed E-state index contributed by atoms with van der Waals surface area (Å²) in [5.74, 6) is -0.884. The van der Waals surface area contributed by atoms with E-state index in [4.69, 9.17) is 0 Å². The number of hydrogen-bond acceptors (Lipinski definition) is 5. The van der Waals surface area contributed by atoms with E-state index in [1.165, 1.54) is 36.2 Å². The van der Waals surface area contributed by atoms with Gasteiger partial charge in [0.15, 0.2) is 0 Å². The second-order valence-electron chi connectivity index (χ2n) is 6.57. The summed E-state index contributed by atoms with van der Waals surface area (Å²) < 4.78 is 16.1. The number of anilines is 1. The first-order valence-electron chi connectivity index (χ1n) is 7.97. The van der Waals surface area contributed by atoms with Crippen LogP contribution in [-0.4, -0.2) is 28.9 Å². The molecular formula is C18H21FN4O2S. The van der Waals surface area contributed by atoms with Gasteiger partial charge >= 0.3 is 0 Å². The molecule has 0 aliphatic heterocycles. The molecule has 0 spiro atoms. The molecule has 1 aromatic carbocycles. The van der Waals surface area contributed by atoms with Crippen LogP contribution in [-0.2, 0) is 4.79 Å². The van der Waals surface area contributed by atoms with Gasteiger partial charge in [0.25, 0.3) is 5.91 Å². The van der Waals surface area contributed by atoms with Gasteiger partial charge < -0.3 is 10.6 Å². The molecule has 0 saturated heterocycles. The molecule has 0 aliphatic carbocycles. The summed E-state index contributed by atoms with van der Waals surface area (Å²) in [5, 5.41) is 5.07. The summed E-state index contributed by atoms with van der Waals surface area (Å²) in [6.45, 7) is 5.97. The third kappa shape index (κ3) is 6.81. The number of halogens is 1. The number of nitrogens with zero attached hydrogens (tertiary/aromatic N) is 1. The van der Waals surface area contributed by atoms with Gasteiger partial charge in [-0.3, -0.25) is 14.3 Å². The molecule has 0 aliphatic rings. The molecule has 3 N–H and O–H groups in total. The first-order valence-corrected chi connectivity index (χ1v) is 8.78. The van der Waals surface area contributed by atoms with E-state index in [0.717, 1.165) is 4.90 Å². The monoisotopic (exact) mass is 376 g/mol. The Balaban J connectivity index is 1.80. The zero-order chi connectivity index (χ0) is 19.2. The number of hydrogen-bond donors (Lipinski definition) is 3. The van der Waals surface area contributed by atoms with Gasteiger partial charge in [0.05, 0.1) is 6.54 Å². The first kappa shape index (κ1) is 19.9. The van der Waals surface area contributed by atoms with Crippen LogP contribution in [0.25, 0.3) is 0 Å². The van der Waals surface area contributed by atoms with E-state index in [-0.39, 0.29) is 17.6 Å². The Bertz CT molecular complexity index is 758. The fourth-order valence-electron chi connectivity index (χ4n) is 1.78. The fraction of sp³-hybridized carbons (Fsp3) is 0.278. The smallest absolute Gasteiger partial charge is 0.251 e. The molecule has 0 fully saturated rings. The van der Waals surface area contributed by atoms with E-state index < -0.39 is 17.6 Å². The van der Waals surface area contributed by atoms with Crippen LogP contribution in [0.5, 0.6) is 0 Å². The molecule has 1 aromatic heterocycles. The van der Waals surface area contributed by atoms with Crippen LogP contribution in [0.15, 0.2) is 47.5 Å². The lowest BCUT2D eigenvalue weighted by Crippen LogP contribution is -2.33. The van der Waals surface area contributed by atoms with E-state index in [9.17, 15) is 14.0 Å². The highest BCUT2D eigenvalue weighted by Crippen LogP contribution is 2.18. The summed E-state index contributed by atoms with van der Waals surface area (Å²) >= 11 is 1.46. The summed E-state index contributed by atoms with van der Waals surface area (Å²) in [4.78, 5) is 28.9. The van der Waals surface area contributed by atoms with Crippen LogP contribution in [0.1, 0.15) is 31.1 Å². The van der Waals surface area contributed by atoms with Crippen LogP contribution < -0.4 is 15.4 Å². The van der Waals surface area contributed by atoms with E-state index in [1.807, 2.05) is 6.07 Å². The summed E-state index contributed by atoms with van der Waals surface area (Å²) in [6.07, 6.45) is 1.65. The maximum Gasteiger partial charge on any atom is 0.251 e. The van der Waals surface area contributed by atoms with E-state index in [2.05, 4.69) is 41.1 Å². The number of benzene rings is 1. The highest BCUT2D eigenvalue weighted by atomic mass is 32.2. The van der Waals surface area contributed by atoms with Gasteiger partial charge in [0.2, 0.25) is 5.91 Å². The number of pyridine rings is 1. The van der Waals surface area contributed by atoms with Crippen molar-refractivity contribution in [2.45, 2.75) is 31.2 Å². The molecule has 26 heavy (non-hydrogen) atoms. The zero-order valence-corrected chi connectivity index (χ0v) is 15.6. The number of carbonyl (C=O) groups excluding carboxylic acids is 2. The van der Waals surface area contributed by atoms with Gasteiger partial charge in [0.1, 0.15) is 11.6 Å². The molecular weight excluding hydrogens is 355 g/mol. The quantitative estimate of drug-likeness (QED) is 0.675. The molecule has 1 heterocycles. The van der Waals surface area contributed by atoms with Crippen molar-refractivity contribution in [1.29, 1.82) is 0 Å². The lowest BCUT2D eigenvalue weighted by atomic mass is 10.1. The maximum atomic E-state index is 12.8. The van der Waals surface area contributed by atoms with Crippen molar-refractivity contribution in [3.05, 3.63) is 54.0 Å². The molecule has 0 bridgehead atoms. The number of carbonyl (C=O) groups is 2. The van der Waals surface area contributed by atoms with Gasteiger partial charge in [-0.25, -0.2) is 9.37 Å². The van der Waals surface area contributed by atoms with Crippen molar-refractivity contribution in [3.63, 3.8) is 0 Å². The normalized spacial score (nSPS) is 11.1. The predicted molar refractivity (Wildman–Crippen MR) is 100 cm³/mol. The highest BCUT2D eigenvalue weighted by Gasteiger charge is 2.11. The van der Waals surface area contributed by atoms with Crippen molar-refractivity contribution in [1.82, 2.24) is 15.0 Å². The average Bonchev–Trinajstić information content (AvgIpc) is 2.59. The molecule has 0 radical (unpaired) electrons. The number of nitrogens with one attached hydrogen (secondary N) is 3.